The maximum absolute atomic E-state index is 12.0. The molecule has 4 nitrogen and oxygen atoms in total. The molecule has 1 aromatic rings. The van der Waals surface area contributed by atoms with Crippen LogP contribution in [-0.4, -0.2) is 21.4 Å². The number of oxime groups is 1. The van der Waals surface area contributed by atoms with Gasteiger partial charge < -0.3 is 5.21 Å². The molecule has 0 saturated heterocycles. The number of rotatable bonds is 1. The highest BCUT2D eigenvalue weighted by Crippen LogP contribution is 2.26. The van der Waals surface area contributed by atoms with Gasteiger partial charge in [-0.05, 0) is 6.07 Å². The largest absolute Gasteiger partial charge is 0.433 e. The zero-order valence-electron chi connectivity index (χ0n) is 6.15. The third-order valence-corrected chi connectivity index (χ3v) is 1.14. The monoisotopic (exact) mass is 191 g/mol. The van der Waals surface area contributed by atoms with Crippen molar-refractivity contribution < 1.29 is 18.4 Å². The second-order valence-electron chi connectivity index (χ2n) is 2.04. The van der Waals surface area contributed by atoms with Gasteiger partial charge in [-0.3, -0.25) is 0 Å². The highest BCUT2D eigenvalue weighted by Gasteiger charge is 2.32. The van der Waals surface area contributed by atoms with E-state index in [9.17, 15) is 13.2 Å². The van der Waals surface area contributed by atoms with Crippen LogP contribution in [0.2, 0.25) is 0 Å². The van der Waals surface area contributed by atoms with E-state index in [4.69, 9.17) is 5.21 Å². The van der Waals surface area contributed by atoms with Crippen LogP contribution in [0.15, 0.2) is 17.4 Å². The summed E-state index contributed by atoms with van der Waals surface area (Å²) in [5.41, 5.74) is -1.07. The lowest BCUT2D eigenvalue weighted by Gasteiger charge is -2.04. The molecular formula is C6H4F3N3O. The molecule has 0 fully saturated rings. The van der Waals surface area contributed by atoms with Gasteiger partial charge in [-0.15, -0.1) is 0 Å². The number of hydrogen-bond acceptors (Lipinski definition) is 4. The summed E-state index contributed by atoms with van der Waals surface area (Å²) in [5, 5.41) is 10.5. The molecule has 0 atom stereocenters. The molecule has 0 radical (unpaired) electrons. The van der Waals surface area contributed by atoms with Gasteiger partial charge in [0.15, 0.2) is 5.82 Å². The Hall–Kier alpha value is -1.66. The van der Waals surface area contributed by atoms with Gasteiger partial charge in [-0.1, -0.05) is 5.16 Å². The number of hydrogen-bond donors (Lipinski definition) is 1. The lowest BCUT2D eigenvalue weighted by molar-refractivity contribution is -0.141. The average molecular weight is 191 g/mol. The van der Waals surface area contributed by atoms with Crippen molar-refractivity contribution in [3.05, 3.63) is 23.8 Å². The van der Waals surface area contributed by atoms with Gasteiger partial charge in [-0.2, -0.15) is 13.2 Å². The van der Waals surface area contributed by atoms with E-state index in [0.717, 1.165) is 18.5 Å². The SMILES string of the molecule is O/N=C/c1nccc(C(F)(F)F)n1. The summed E-state index contributed by atoms with van der Waals surface area (Å²) in [5.74, 6) is -0.294. The predicted molar refractivity (Wildman–Crippen MR) is 36.4 cm³/mol. The molecule has 70 valence electrons. The van der Waals surface area contributed by atoms with Gasteiger partial charge in [0.25, 0.3) is 0 Å². The smallest absolute Gasteiger partial charge is 0.411 e. The molecule has 0 aromatic carbocycles. The third kappa shape index (κ3) is 2.39. The first-order chi connectivity index (χ1) is 6.04. The van der Waals surface area contributed by atoms with Crippen molar-refractivity contribution in [1.29, 1.82) is 0 Å². The Morgan fingerprint density at radius 2 is 2.15 bits per heavy atom. The minimum atomic E-state index is -4.51. The van der Waals surface area contributed by atoms with E-state index in [1.807, 2.05) is 0 Å². The molecule has 0 bridgehead atoms. The van der Waals surface area contributed by atoms with Gasteiger partial charge in [0.05, 0.1) is 0 Å². The first-order valence-corrected chi connectivity index (χ1v) is 3.11. The van der Waals surface area contributed by atoms with Crippen LogP contribution in [0.5, 0.6) is 0 Å². The molecule has 1 N–H and O–H groups in total. The first-order valence-electron chi connectivity index (χ1n) is 3.11. The standard InChI is InChI=1S/C6H4F3N3O/c7-6(8,9)4-1-2-10-5(12-4)3-11-13/h1-3,13H/b11-3+. The molecule has 13 heavy (non-hydrogen) atoms. The molecule has 1 rings (SSSR count). The number of aromatic nitrogens is 2. The molecule has 0 aliphatic carbocycles. The Bertz CT molecular complexity index is 323. The van der Waals surface area contributed by atoms with E-state index in [1.54, 1.807) is 0 Å². The van der Waals surface area contributed by atoms with Crippen molar-refractivity contribution in [1.82, 2.24) is 9.97 Å². The zero-order valence-corrected chi connectivity index (χ0v) is 6.15. The average Bonchev–Trinajstić information content (AvgIpc) is 2.04. The van der Waals surface area contributed by atoms with Gasteiger partial charge in [0.1, 0.15) is 11.9 Å². The molecule has 1 aromatic heterocycles. The first kappa shape index (κ1) is 9.43. The van der Waals surface area contributed by atoms with Crippen molar-refractivity contribution in [3.8, 4) is 0 Å². The van der Waals surface area contributed by atoms with Crippen LogP contribution in [0.3, 0.4) is 0 Å². The molecule has 0 unspecified atom stereocenters. The van der Waals surface area contributed by atoms with Crippen LogP contribution in [0, 0.1) is 0 Å². The number of alkyl halides is 3. The van der Waals surface area contributed by atoms with Crippen LogP contribution in [0.4, 0.5) is 13.2 Å². The lowest BCUT2D eigenvalue weighted by atomic mass is 10.4. The van der Waals surface area contributed by atoms with E-state index in [0.29, 0.717) is 0 Å². The summed E-state index contributed by atoms with van der Waals surface area (Å²) in [4.78, 5) is 6.51. The maximum Gasteiger partial charge on any atom is 0.433 e. The molecule has 0 spiro atoms. The van der Waals surface area contributed by atoms with Crippen LogP contribution >= 0.6 is 0 Å². The van der Waals surface area contributed by atoms with Crippen molar-refractivity contribution in [2.24, 2.45) is 5.16 Å². The van der Waals surface area contributed by atoms with E-state index < -0.39 is 11.9 Å². The quantitative estimate of drug-likeness (QED) is 0.413. The molecule has 0 aliphatic heterocycles. The summed E-state index contributed by atoms with van der Waals surface area (Å²) in [6.07, 6.45) is -2.86. The van der Waals surface area contributed by atoms with Gasteiger partial charge in [0, 0.05) is 6.20 Å². The molecule has 0 saturated carbocycles. The second kappa shape index (κ2) is 3.38. The Morgan fingerprint density at radius 1 is 1.46 bits per heavy atom. The third-order valence-electron chi connectivity index (χ3n) is 1.14. The molecule has 0 aliphatic rings. The van der Waals surface area contributed by atoms with E-state index in [1.165, 1.54) is 0 Å². The van der Waals surface area contributed by atoms with Crippen molar-refractivity contribution in [2.75, 3.05) is 0 Å². The summed E-state index contributed by atoms with van der Waals surface area (Å²) >= 11 is 0. The van der Waals surface area contributed by atoms with Crippen LogP contribution < -0.4 is 0 Å². The van der Waals surface area contributed by atoms with Gasteiger partial charge in [0.2, 0.25) is 0 Å². The van der Waals surface area contributed by atoms with Crippen LogP contribution in [-0.2, 0) is 6.18 Å². The summed E-state index contributed by atoms with van der Waals surface area (Å²) in [7, 11) is 0. The van der Waals surface area contributed by atoms with Crippen molar-refractivity contribution in [2.45, 2.75) is 6.18 Å². The molecule has 0 amide bonds. The van der Waals surface area contributed by atoms with Crippen molar-refractivity contribution >= 4 is 6.21 Å². The summed E-state index contributed by atoms with van der Waals surface area (Å²) in [6, 6.07) is 0.731. The molecule has 7 heteroatoms. The van der Waals surface area contributed by atoms with E-state index in [2.05, 4.69) is 15.1 Å². The number of halogens is 3. The fraction of sp³-hybridized carbons (Fsp3) is 0.167. The Morgan fingerprint density at radius 3 is 2.69 bits per heavy atom. The summed E-state index contributed by atoms with van der Waals surface area (Å²) < 4.78 is 36.0. The van der Waals surface area contributed by atoms with E-state index >= 15 is 0 Å². The predicted octanol–water partition coefficient (Wildman–Crippen LogP) is 1.30. The molecule has 1 heterocycles. The molecular weight excluding hydrogens is 187 g/mol. The topological polar surface area (TPSA) is 58.4 Å². The maximum atomic E-state index is 12.0. The second-order valence-corrected chi connectivity index (χ2v) is 2.04. The highest BCUT2D eigenvalue weighted by atomic mass is 19.4. The fourth-order valence-corrected chi connectivity index (χ4v) is 0.645. The highest BCUT2D eigenvalue weighted by molar-refractivity contribution is 5.73. The van der Waals surface area contributed by atoms with E-state index in [-0.39, 0.29) is 5.82 Å². The Kier molecular flexibility index (Phi) is 2.45. The van der Waals surface area contributed by atoms with Crippen molar-refractivity contribution in [3.63, 3.8) is 0 Å². The summed E-state index contributed by atoms with van der Waals surface area (Å²) in [6.45, 7) is 0. The van der Waals surface area contributed by atoms with Crippen LogP contribution in [0.25, 0.3) is 0 Å². The lowest BCUT2D eigenvalue weighted by Crippen LogP contribution is -2.10. The fourth-order valence-electron chi connectivity index (χ4n) is 0.645. The number of nitrogens with zero attached hydrogens (tertiary/aromatic N) is 3. The normalized spacial score (nSPS) is 12.2. The van der Waals surface area contributed by atoms with Crippen LogP contribution in [0.1, 0.15) is 11.5 Å². The minimum Gasteiger partial charge on any atom is -0.411 e. The van der Waals surface area contributed by atoms with Gasteiger partial charge >= 0.3 is 6.18 Å². The zero-order chi connectivity index (χ0) is 9.90. The van der Waals surface area contributed by atoms with Gasteiger partial charge in [-0.25, -0.2) is 9.97 Å². The minimum absolute atomic E-state index is 0.294. The Balaban J connectivity index is 3.05. The Labute approximate surface area is 70.7 Å².